The van der Waals surface area contributed by atoms with Gasteiger partial charge in [0.05, 0.1) is 17.6 Å². The van der Waals surface area contributed by atoms with E-state index < -0.39 is 17.3 Å². The summed E-state index contributed by atoms with van der Waals surface area (Å²) < 4.78 is 28.9. The van der Waals surface area contributed by atoms with Crippen molar-refractivity contribution >= 4 is 17.3 Å². The Hall–Kier alpha value is -1.98. The van der Waals surface area contributed by atoms with Crippen LogP contribution in [0.5, 0.6) is 0 Å². The summed E-state index contributed by atoms with van der Waals surface area (Å²) in [5.74, 6) is -2.05. The molecule has 0 aliphatic heterocycles. The van der Waals surface area contributed by atoms with Crippen LogP contribution < -0.4 is 5.69 Å². The van der Waals surface area contributed by atoms with Crippen molar-refractivity contribution in [2.75, 3.05) is 0 Å². The highest BCUT2D eigenvalue weighted by Gasteiger charge is 2.17. The molecule has 96 valence electrons. The van der Waals surface area contributed by atoms with Crippen LogP contribution in [0.15, 0.2) is 16.9 Å². The molecule has 6 heteroatoms. The minimum atomic E-state index is -1.04. The van der Waals surface area contributed by atoms with E-state index in [1.807, 2.05) is 0 Å². The second-order valence-corrected chi connectivity index (χ2v) is 4.28. The van der Waals surface area contributed by atoms with E-state index in [1.165, 1.54) is 4.57 Å². The minimum Gasteiger partial charge on any atom is -0.301 e. The lowest BCUT2D eigenvalue weighted by Crippen LogP contribution is -2.25. The summed E-state index contributed by atoms with van der Waals surface area (Å²) in [7, 11) is 0. The predicted molar refractivity (Wildman–Crippen MR) is 62.6 cm³/mol. The van der Waals surface area contributed by atoms with Crippen molar-refractivity contribution in [3.05, 3.63) is 34.3 Å². The molecule has 4 nitrogen and oxygen atoms in total. The Labute approximate surface area is 101 Å². The molecular weight excluding hydrogens is 242 g/mol. The molecule has 0 radical (unpaired) electrons. The summed E-state index contributed by atoms with van der Waals surface area (Å²) in [4.78, 5) is 22.6. The zero-order valence-corrected chi connectivity index (χ0v) is 9.98. The standard InChI is InChI=1S/C12H12F2N2O2/c1-7(2)16-11-6-9(14)8(13)5-10(11)15(3-4-17)12(16)18/h4-7H,3H2,1-2H3. The fourth-order valence-electron chi connectivity index (χ4n) is 2.02. The van der Waals surface area contributed by atoms with Gasteiger partial charge in [0.2, 0.25) is 0 Å². The molecule has 1 aromatic heterocycles. The lowest BCUT2D eigenvalue weighted by atomic mass is 10.2. The molecule has 0 atom stereocenters. The van der Waals surface area contributed by atoms with Gasteiger partial charge < -0.3 is 4.79 Å². The van der Waals surface area contributed by atoms with Crippen molar-refractivity contribution in [3.8, 4) is 0 Å². The molecule has 0 unspecified atom stereocenters. The second kappa shape index (κ2) is 4.36. The molecule has 0 spiro atoms. The topological polar surface area (TPSA) is 44.0 Å². The summed E-state index contributed by atoms with van der Waals surface area (Å²) in [5.41, 5.74) is 0.0625. The fourth-order valence-corrected chi connectivity index (χ4v) is 2.02. The minimum absolute atomic E-state index is 0.180. The first-order chi connectivity index (χ1) is 8.47. The van der Waals surface area contributed by atoms with Gasteiger partial charge >= 0.3 is 5.69 Å². The monoisotopic (exact) mass is 254 g/mol. The van der Waals surface area contributed by atoms with Gasteiger partial charge in [-0.1, -0.05) is 0 Å². The van der Waals surface area contributed by atoms with Crippen molar-refractivity contribution in [2.45, 2.75) is 26.4 Å². The summed E-state index contributed by atoms with van der Waals surface area (Å²) in [6.07, 6.45) is 0.548. The van der Waals surface area contributed by atoms with E-state index in [0.717, 1.165) is 16.7 Å². The number of rotatable bonds is 3. The number of hydrogen-bond donors (Lipinski definition) is 0. The SMILES string of the molecule is CC(C)n1c(=O)n(CC=O)c2cc(F)c(F)cc21. The molecule has 0 N–H and O–H groups in total. The van der Waals surface area contributed by atoms with Crippen molar-refractivity contribution in [3.63, 3.8) is 0 Å². The summed E-state index contributed by atoms with van der Waals surface area (Å²) >= 11 is 0. The Kier molecular flexibility index (Phi) is 3.02. The molecule has 18 heavy (non-hydrogen) atoms. The molecule has 0 aliphatic carbocycles. The number of carbonyl (C=O) groups excluding carboxylic acids is 1. The number of imidazole rings is 1. The number of nitrogens with zero attached hydrogens (tertiary/aromatic N) is 2. The van der Waals surface area contributed by atoms with E-state index in [1.54, 1.807) is 13.8 Å². The van der Waals surface area contributed by atoms with Crippen LogP contribution >= 0.6 is 0 Å². The Morgan fingerprint density at radius 2 is 1.78 bits per heavy atom. The van der Waals surface area contributed by atoms with Gasteiger partial charge in [0.25, 0.3) is 0 Å². The molecule has 1 aromatic carbocycles. The van der Waals surface area contributed by atoms with E-state index in [4.69, 9.17) is 0 Å². The maximum absolute atomic E-state index is 13.2. The number of fused-ring (bicyclic) bond motifs is 1. The van der Waals surface area contributed by atoms with Crippen LogP contribution in [0, 0.1) is 11.6 Å². The number of carbonyl (C=O) groups is 1. The molecule has 0 amide bonds. The largest absolute Gasteiger partial charge is 0.329 e. The maximum atomic E-state index is 13.2. The molecule has 2 aromatic rings. The van der Waals surface area contributed by atoms with Gasteiger partial charge in [-0.3, -0.25) is 9.13 Å². The number of aromatic nitrogens is 2. The summed E-state index contributed by atoms with van der Waals surface area (Å²) in [6, 6.07) is 1.71. The van der Waals surface area contributed by atoms with Crippen LogP contribution in [0.2, 0.25) is 0 Å². The Morgan fingerprint density at radius 3 is 2.28 bits per heavy atom. The zero-order chi connectivity index (χ0) is 13.4. The second-order valence-electron chi connectivity index (χ2n) is 4.28. The Bertz CT molecular complexity index is 671. The van der Waals surface area contributed by atoms with E-state index in [-0.39, 0.29) is 23.6 Å². The molecule has 0 fully saturated rings. The van der Waals surface area contributed by atoms with Gasteiger partial charge in [-0.05, 0) is 13.8 Å². The van der Waals surface area contributed by atoms with Gasteiger partial charge in [-0.25, -0.2) is 13.6 Å². The molecule has 0 saturated carbocycles. The van der Waals surface area contributed by atoms with E-state index in [2.05, 4.69) is 0 Å². The van der Waals surface area contributed by atoms with Crippen LogP contribution in [-0.2, 0) is 11.3 Å². The van der Waals surface area contributed by atoms with Crippen molar-refractivity contribution in [1.82, 2.24) is 9.13 Å². The Balaban J connectivity index is 2.92. The maximum Gasteiger partial charge on any atom is 0.329 e. The normalized spacial score (nSPS) is 11.4. The molecule has 0 aliphatic rings. The Morgan fingerprint density at radius 1 is 1.22 bits per heavy atom. The van der Waals surface area contributed by atoms with Gasteiger partial charge in [-0.15, -0.1) is 0 Å². The summed E-state index contributed by atoms with van der Waals surface area (Å²) in [6.45, 7) is 3.33. The van der Waals surface area contributed by atoms with Crippen LogP contribution in [0.25, 0.3) is 11.0 Å². The van der Waals surface area contributed by atoms with Gasteiger partial charge in [0.1, 0.15) is 6.29 Å². The zero-order valence-electron chi connectivity index (χ0n) is 9.98. The third-order valence-electron chi connectivity index (χ3n) is 2.78. The van der Waals surface area contributed by atoms with Crippen molar-refractivity contribution in [2.24, 2.45) is 0 Å². The third-order valence-corrected chi connectivity index (χ3v) is 2.78. The van der Waals surface area contributed by atoms with Crippen LogP contribution in [0.1, 0.15) is 19.9 Å². The highest BCUT2D eigenvalue weighted by molar-refractivity contribution is 5.77. The molecular formula is C12H12F2N2O2. The first-order valence-corrected chi connectivity index (χ1v) is 5.50. The average molecular weight is 254 g/mol. The molecule has 0 bridgehead atoms. The molecule has 1 heterocycles. The number of hydrogen-bond acceptors (Lipinski definition) is 2. The van der Waals surface area contributed by atoms with Gasteiger partial charge in [0.15, 0.2) is 11.6 Å². The fraction of sp³-hybridized carbons (Fsp3) is 0.333. The average Bonchev–Trinajstić information content (AvgIpc) is 2.54. The van der Waals surface area contributed by atoms with Crippen molar-refractivity contribution < 1.29 is 13.6 Å². The van der Waals surface area contributed by atoms with Crippen LogP contribution in [0.3, 0.4) is 0 Å². The lowest BCUT2D eigenvalue weighted by molar-refractivity contribution is -0.108. The van der Waals surface area contributed by atoms with Gasteiger partial charge in [-0.2, -0.15) is 0 Å². The highest BCUT2D eigenvalue weighted by atomic mass is 19.2. The van der Waals surface area contributed by atoms with E-state index in [0.29, 0.717) is 6.29 Å². The molecule has 2 rings (SSSR count). The molecule has 0 saturated heterocycles. The van der Waals surface area contributed by atoms with Gasteiger partial charge in [0, 0.05) is 18.2 Å². The lowest BCUT2D eigenvalue weighted by Gasteiger charge is -2.06. The first kappa shape index (κ1) is 12.5. The number of benzene rings is 1. The van der Waals surface area contributed by atoms with E-state index in [9.17, 15) is 18.4 Å². The predicted octanol–water partition coefficient (Wildman–Crippen LogP) is 1.86. The number of aldehydes is 1. The quantitative estimate of drug-likeness (QED) is 0.785. The third kappa shape index (κ3) is 1.73. The highest BCUT2D eigenvalue weighted by Crippen LogP contribution is 2.20. The summed E-state index contributed by atoms with van der Waals surface area (Å²) in [5, 5.41) is 0. The van der Waals surface area contributed by atoms with Crippen LogP contribution in [0.4, 0.5) is 8.78 Å². The first-order valence-electron chi connectivity index (χ1n) is 5.50. The smallest absolute Gasteiger partial charge is 0.301 e. The van der Waals surface area contributed by atoms with Crippen LogP contribution in [-0.4, -0.2) is 15.4 Å². The number of halogens is 2. The van der Waals surface area contributed by atoms with Crippen molar-refractivity contribution in [1.29, 1.82) is 0 Å². The van der Waals surface area contributed by atoms with E-state index >= 15 is 0 Å².